The van der Waals surface area contributed by atoms with E-state index in [1.807, 2.05) is 0 Å². The fraction of sp³-hybridized carbons (Fsp3) is 0.111. The number of rotatable bonds is 8. The van der Waals surface area contributed by atoms with E-state index < -0.39 is 23.8 Å². The Labute approximate surface area is 241 Å². The van der Waals surface area contributed by atoms with E-state index in [1.165, 1.54) is 18.2 Å². The maximum absolute atomic E-state index is 13.2. The first-order valence-corrected chi connectivity index (χ1v) is 13.0. The molecule has 1 aliphatic rings. The number of benzene rings is 3. The number of imide groups is 2. The fourth-order valence-corrected chi connectivity index (χ4v) is 4.26. The number of anilines is 2. The molecule has 200 valence electrons. The summed E-state index contributed by atoms with van der Waals surface area (Å²) in [5, 5.41) is 5.46. The molecule has 3 aromatic carbocycles. The topological polar surface area (TPSA) is 114 Å². The number of amides is 5. The van der Waals surface area contributed by atoms with Crippen LogP contribution in [-0.4, -0.2) is 37.0 Å². The van der Waals surface area contributed by atoms with Crippen molar-refractivity contribution in [3.63, 3.8) is 0 Å². The Morgan fingerprint density at radius 3 is 2.38 bits per heavy atom. The molecule has 3 aromatic rings. The second-order valence-electron chi connectivity index (χ2n) is 8.04. The summed E-state index contributed by atoms with van der Waals surface area (Å²) in [6.45, 7) is 1.62. The molecule has 5 amide bonds. The highest BCUT2D eigenvalue weighted by Gasteiger charge is 2.36. The molecule has 0 saturated carbocycles. The van der Waals surface area contributed by atoms with Crippen molar-refractivity contribution in [1.29, 1.82) is 0 Å². The van der Waals surface area contributed by atoms with Crippen LogP contribution in [-0.2, 0) is 14.4 Å². The van der Waals surface area contributed by atoms with Crippen molar-refractivity contribution in [3.8, 4) is 11.5 Å². The maximum atomic E-state index is 13.2. The molecular weight excluding hydrogens is 613 g/mol. The van der Waals surface area contributed by atoms with Crippen molar-refractivity contribution in [2.24, 2.45) is 0 Å². The number of carbonyl (C=O) groups is 4. The first kappa shape index (κ1) is 28.2. The SMILES string of the molecule is CCOc1cc(/C=C2\C(=O)NC(=O)N(c3ccc(Br)cc3)C2=O)cc(Cl)c1OCC(=O)Nc1ccc(Cl)cc1. The van der Waals surface area contributed by atoms with Crippen LogP contribution in [0, 0.1) is 0 Å². The molecule has 1 saturated heterocycles. The van der Waals surface area contributed by atoms with Gasteiger partial charge in [0.05, 0.1) is 17.3 Å². The molecule has 0 aliphatic carbocycles. The van der Waals surface area contributed by atoms with Crippen LogP contribution >= 0.6 is 39.1 Å². The third-order valence-electron chi connectivity index (χ3n) is 5.30. The first-order valence-electron chi connectivity index (χ1n) is 11.5. The molecule has 1 aliphatic heterocycles. The van der Waals surface area contributed by atoms with Crippen molar-refractivity contribution >= 4 is 80.3 Å². The second kappa shape index (κ2) is 12.3. The van der Waals surface area contributed by atoms with Crippen molar-refractivity contribution < 1.29 is 28.7 Å². The average Bonchev–Trinajstić information content (AvgIpc) is 2.88. The number of ether oxygens (including phenoxy) is 2. The lowest BCUT2D eigenvalue weighted by molar-refractivity contribution is -0.122. The van der Waals surface area contributed by atoms with Gasteiger partial charge in [-0.3, -0.25) is 19.7 Å². The predicted octanol–water partition coefficient (Wildman–Crippen LogP) is 5.84. The maximum Gasteiger partial charge on any atom is 0.335 e. The van der Waals surface area contributed by atoms with E-state index in [-0.39, 0.29) is 41.0 Å². The van der Waals surface area contributed by atoms with Gasteiger partial charge < -0.3 is 14.8 Å². The molecule has 0 bridgehead atoms. The quantitative estimate of drug-likeness (QED) is 0.238. The monoisotopic (exact) mass is 631 g/mol. The molecule has 0 radical (unpaired) electrons. The summed E-state index contributed by atoms with van der Waals surface area (Å²) >= 11 is 15.6. The van der Waals surface area contributed by atoms with Gasteiger partial charge in [0.15, 0.2) is 18.1 Å². The van der Waals surface area contributed by atoms with Gasteiger partial charge in [0.2, 0.25) is 0 Å². The summed E-state index contributed by atoms with van der Waals surface area (Å²) in [6, 6.07) is 15.1. The Hall–Kier alpha value is -3.86. The highest BCUT2D eigenvalue weighted by atomic mass is 79.9. The molecule has 0 aromatic heterocycles. The Morgan fingerprint density at radius 1 is 1.03 bits per heavy atom. The van der Waals surface area contributed by atoms with Crippen molar-refractivity contribution in [2.45, 2.75) is 6.92 Å². The first-order chi connectivity index (χ1) is 18.7. The van der Waals surface area contributed by atoms with E-state index in [4.69, 9.17) is 32.7 Å². The fourth-order valence-electron chi connectivity index (χ4n) is 3.59. The molecule has 0 unspecified atom stereocenters. The molecule has 0 spiro atoms. The van der Waals surface area contributed by atoms with Gasteiger partial charge in [-0.05, 0) is 79.2 Å². The van der Waals surface area contributed by atoms with E-state index >= 15 is 0 Å². The van der Waals surface area contributed by atoms with Crippen molar-refractivity contribution in [3.05, 3.63) is 86.3 Å². The van der Waals surface area contributed by atoms with Gasteiger partial charge in [-0.1, -0.05) is 39.1 Å². The number of urea groups is 1. The summed E-state index contributed by atoms with van der Waals surface area (Å²) in [6.07, 6.45) is 1.29. The minimum absolute atomic E-state index is 0.0802. The molecular formula is C27H20BrCl2N3O6. The molecule has 39 heavy (non-hydrogen) atoms. The molecule has 1 fully saturated rings. The van der Waals surface area contributed by atoms with Gasteiger partial charge in [-0.15, -0.1) is 0 Å². The van der Waals surface area contributed by atoms with Gasteiger partial charge in [-0.25, -0.2) is 9.69 Å². The van der Waals surface area contributed by atoms with Crippen LogP contribution in [0.4, 0.5) is 16.2 Å². The molecule has 12 heteroatoms. The smallest absolute Gasteiger partial charge is 0.335 e. The van der Waals surface area contributed by atoms with Gasteiger partial charge in [0.25, 0.3) is 17.7 Å². The van der Waals surface area contributed by atoms with Gasteiger partial charge in [0, 0.05) is 15.2 Å². The van der Waals surface area contributed by atoms with Crippen LogP contribution in [0.1, 0.15) is 12.5 Å². The van der Waals surface area contributed by atoms with Gasteiger partial charge in [0.1, 0.15) is 5.57 Å². The van der Waals surface area contributed by atoms with E-state index in [9.17, 15) is 19.2 Å². The number of halogens is 3. The summed E-state index contributed by atoms with van der Waals surface area (Å²) in [4.78, 5) is 51.4. The van der Waals surface area contributed by atoms with Crippen LogP contribution in [0.3, 0.4) is 0 Å². The van der Waals surface area contributed by atoms with Crippen LogP contribution in [0.15, 0.2) is 70.7 Å². The normalized spacial score (nSPS) is 14.3. The number of carbonyl (C=O) groups excluding carboxylic acids is 4. The molecule has 4 rings (SSSR count). The summed E-state index contributed by atoms with van der Waals surface area (Å²) in [7, 11) is 0. The lowest BCUT2D eigenvalue weighted by Crippen LogP contribution is -2.54. The number of hydrogen-bond acceptors (Lipinski definition) is 6. The highest BCUT2D eigenvalue weighted by Crippen LogP contribution is 2.37. The van der Waals surface area contributed by atoms with E-state index in [1.54, 1.807) is 55.5 Å². The third-order valence-corrected chi connectivity index (χ3v) is 6.37. The Morgan fingerprint density at radius 2 is 1.72 bits per heavy atom. The minimum Gasteiger partial charge on any atom is -0.490 e. The van der Waals surface area contributed by atoms with Crippen LogP contribution in [0.25, 0.3) is 6.08 Å². The number of nitrogens with zero attached hydrogens (tertiary/aromatic N) is 1. The Balaban J connectivity index is 1.57. The summed E-state index contributed by atoms with van der Waals surface area (Å²) in [5.41, 5.74) is 0.877. The van der Waals surface area contributed by atoms with Crippen LogP contribution < -0.4 is 25.0 Å². The lowest BCUT2D eigenvalue weighted by Gasteiger charge is -2.26. The van der Waals surface area contributed by atoms with E-state index in [0.717, 1.165) is 9.37 Å². The zero-order valence-corrected chi connectivity index (χ0v) is 23.4. The van der Waals surface area contributed by atoms with Crippen molar-refractivity contribution in [1.82, 2.24) is 5.32 Å². The number of barbiturate groups is 1. The second-order valence-corrected chi connectivity index (χ2v) is 9.80. The zero-order chi connectivity index (χ0) is 28.1. The minimum atomic E-state index is -0.863. The van der Waals surface area contributed by atoms with Crippen LogP contribution in [0.2, 0.25) is 10.0 Å². The summed E-state index contributed by atoms with van der Waals surface area (Å²) < 4.78 is 12.0. The molecule has 0 atom stereocenters. The molecule has 1 heterocycles. The number of hydrogen-bond donors (Lipinski definition) is 2. The van der Waals surface area contributed by atoms with E-state index in [0.29, 0.717) is 16.3 Å². The van der Waals surface area contributed by atoms with Gasteiger partial charge >= 0.3 is 6.03 Å². The zero-order valence-electron chi connectivity index (χ0n) is 20.3. The van der Waals surface area contributed by atoms with Gasteiger partial charge in [-0.2, -0.15) is 0 Å². The summed E-state index contributed by atoms with van der Waals surface area (Å²) in [5.74, 6) is -1.80. The largest absolute Gasteiger partial charge is 0.490 e. The Kier molecular flexibility index (Phi) is 8.90. The average molecular weight is 633 g/mol. The number of nitrogens with one attached hydrogen (secondary N) is 2. The lowest BCUT2D eigenvalue weighted by atomic mass is 10.1. The third kappa shape index (κ3) is 6.78. The van der Waals surface area contributed by atoms with Crippen LogP contribution in [0.5, 0.6) is 11.5 Å². The predicted molar refractivity (Wildman–Crippen MR) is 151 cm³/mol. The highest BCUT2D eigenvalue weighted by molar-refractivity contribution is 9.10. The van der Waals surface area contributed by atoms with E-state index in [2.05, 4.69) is 26.6 Å². The standard InChI is InChI=1S/C27H20BrCl2N3O6/c1-2-38-22-13-15(12-21(30)24(22)39-14-23(34)31-18-7-5-17(29)6-8-18)11-20-25(35)32-27(37)33(26(20)36)19-9-3-16(28)4-10-19/h3-13H,2,14H2,1H3,(H,31,34)(H,32,35,37)/b20-11+. The Bertz CT molecular complexity index is 1480. The molecule has 9 nitrogen and oxygen atoms in total. The van der Waals surface area contributed by atoms with Crippen molar-refractivity contribution in [2.75, 3.05) is 23.4 Å². The molecule has 2 N–H and O–H groups in total.